The maximum absolute atomic E-state index is 12.2. The van der Waals surface area contributed by atoms with Crippen molar-refractivity contribution in [2.75, 3.05) is 11.4 Å². The van der Waals surface area contributed by atoms with Crippen molar-refractivity contribution < 1.29 is 4.79 Å². The van der Waals surface area contributed by atoms with Gasteiger partial charge in [0.05, 0.1) is 0 Å². The van der Waals surface area contributed by atoms with Crippen molar-refractivity contribution in [3.8, 4) is 0 Å². The topological polar surface area (TPSA) is 71.0 Å². The quantitative estimate of drug-likeness (QED) is 0.601. The molecule has 0 spiro atoms. The molecule has 7 heteroatoms. The van der Waals surface area contributed by atoms with Crippen LogP contribution in [-0.2, 0) is 17.8 Å². The largest absolute Gasteiger partial charge is 0.352 e. The summed E-state index contributed by atoms with van der Waals surface area (Å²) >= 11 is 1.39. The van der Waals surface area contributed by atoms with Gasteiger partial charge in [-0.15, -0.1) is 0 Å². The lowest BCUT2D eigenvalue weighted by Crippen LogP contribution is -2.35. The zero-order valence-electron chi connectivity index (χ0n) is 16.2. The van der Waals surface area contributed by atoms with Crippen LogP contribution in [0.3, 0.4) is 0 Å². The number of rotatable bonds is 9. The van der Waals surface area contributed by atoms with E-state index in [1.807, 2.05) is 30.3 Å². The van der Waals surface area contributed by atoms with Crippen LogP contribution in [0.1, 0.15) is 37.2 Å². The van der Waals surface area contributed by atoms with Crippen LogP contribution in [0.5, 0.6) is 0 Å². The molecule has 1 amide bonds. The number of nitrogens with zero attached hydrogens (tertiary/aromatic N) is 4. The Kier molecular flexibility index (Phi) is 7.08. The molecular formula is C21H25N5OS. The maximum Gasteiger partial charge on any atom is 0.222 e. The van der Waals surface area contributed by atoms with Crippen LogP contribution >= 0.6 is 11.5 Å². The van der Waals surface area contributed by atoms with Crippen molar-refractivity contribution in [3.05, 3.63) is 71.8 Å². The minimum absolute atomic E-state index is 0.0172. The Labute approximate surface area is 169 Å². The van der Waals surface area contributed by atoms with E-state index >= 15 is 0 Å². The van der Waals surface area contributed by atoms with Gasteiger partial charge in [0.25, 0.3) is 0 Å². The SMILES string of the molecule is CC(C)N(CCC(=O)NCc1cccnc1)c1nc(Cc2ccccc2)ns1. The summed E-state index contributed by atoms with van der Waals surface area (Å²) in [6, 6.07) is 14.3. The third kappa shape index (κ3) is 5.85. The summed E-state index contributed by atoms with van der Waals surface area (Å²) in [7, 11) is 0. The smallest absolute Gasteiger partial charge is 0.222 e. The van der Waals surface area contributed by atoms with Gasteiger partial charge in [-0.1, -0.05) is 36.4 Å². The third-order valence-corrected chi connectivity index (χ3v) is 5.11. The molecule has 6 nitrogen and oxygen atoms in total. The lowest BCUT2D eigenvalue weighted by atomic mass is 10.1. The molecule has 0 fully saturated rings. The van der Waals surface area contributed by atoms with E-state index in [-0.39, 0.29) is 11.9 Å². The summed E-state index contributed by atoms with van der Waals surface area (Å²) in [6.07, 6.45) is 4.61. The highest BCUT2D eigenvalue weighted by Gasteiger charge is 2.17. The van der Waals surface area contributed by atoms with Gasteiger partial charge in [-0.3, -0.25) is 9.78 Å². The molecule has 2 aromatic heterocycles. The highest BCUT2D eigenvalue weighted by Crippen LogP contribution is 2.21. The lowest BCUT2D eigenvalue weighted by Gasteiger charge is -2.25. The van der Waals surface area contributed by atoms with Crippen LogP contribution in [0.15, 0.2) is 54.9 Å². The summed E-state index contributed by atoms with van der Waals surface area (Å²) in [4.78, 5) is 23.1. The number of benzene rings is 1. The monoisotopic (exact) mass is 395 g/mol. The summed E-state index contributed by atoms with van der Waals surface area (Å²) in [5.41, 5.74) is 2.18. The average Bonchev–Trinajstić information content (AvgIpc) is 3.16. The van der Waals surface area contributed by atoms with E-state index in [4.69, 9.17) is 4.98 Å². The normalized spacial score (nSPS) is 10.8. The summed E-state index contributed by atoms with van der Waals surface area (Å²) < 4.78 is 4.50. The summed E-state index contributed by atoms with van der Waals surface area (Å²) in [5.74, 6) is 0.835. The van der Waals surface area contributed by atoms with E-state index < -0.39 is 0 Å². The summed E-state index contributed by atoms with van der Waals surface area (Å²) in [6.45, 7) is 5.31. The van der Waals surface area contributed by atoms with Crippen molar-refractivity contribution in [2.45, 2.75) is 39.3 Å². The fourth-order valence-electron chi connectivity index (χ4n) is 2.80. The number of anilines is 1. The van der Waals surface area contributed by atoms with Gasteiger partial charge in [0.2, 0.25) is 11.0 Å². The van der Waals surface area contributed by atoms with E-state index in [1.54, 1.807) is 12.4 Å². The molecular weight excluding hydrogens is 370 g/mol. The molecule has 0 atom stereocenters. The number of amides is 1. The van der Waals surface area contributed by atoms with Crippen LogP contribution in [0, 0.1) is 0 Å². The first-order valence-corrected chi connectivity index (χ1v) is 10.2. The van der Waals surface area contributed by atoms with Crippen LogP contribution in [0.2, 0.25) is 0 Å². The van der Waals surface area contributed by atoms with E-state index in [0.717, 1.165) is 22.9 Å². The number of hydrogen-bond donors (Lipinski definition) is 1. The Hall–Kier alpha value is -2.80. The van der Waals surface area contributed by atoms with Crippen LogP contribution in [0.4, 0.5) is 5.13 Å². The molecule has 0 bridgehead atoms. The molecule has 0 saturated heterocycles. The highest BCUT2D eigenvalue weighted by atomic mass is 32.1. The molecule has 0 radical (unpaired) electrons. The molecule has 0 aliphatic carbocycles. The standard InChI is InChI=1S/C21H25N5OS/c1-16(2)26(12-10-20(27)23-15-18-9-6-11-22-14-18)21-24-19(25-28-21)13-17-7-4-3-5-8-17/h3-9,11,14,16H,10,12-13,15H2,1-2H3,(H,23,27). The maximum atomic E-state index is 12.2. The van der Waals surface area contributed by atoms with Crippen molar-refractivity contribution >= 4 is 22.6 Å². The third-order valence-electron chi connectivity index (χ3n) is 4.32. The first kappa shape index (κ1) is 19.9. The fourth-order valence-corrected chi connectivity index (χ4v) is 3.65. The van der Waals surface area contributed by atoms with Crippen molar-refractivity contribution in [1.82, 2.24) is 19.7 Å². The number of carbonyl (C=O) groups is 1. The second kappa shape index (κ2) is 9.94. The number of carbonyl (C=O) groups excluding carboxylic acids is 1. The van der Waals surface area contributed by atoms with Gasteiger partial charge in [-0.2, -0.15) is 4.37 Å². The van der Waals surface area contributed by atoms with E-state index in [0.29, 0.717) is 19.5 Å². The number of hydrogen-bond acceptors (Lipinski definition) is 6. The molecule has 0 aliphatic heterocycles. The van der Waals surface area contributed by atoms with Gasteiger partial charge in [0.1, 0.15) is 5.82 Å². The molecule has 3 rings (SSSR count). The molecule has 1 N–H and O–H groups in total. The van der Waals surface area contributed by atoms with E-state index in [1.165, 1.54) is 17.1 Å². The van der Waals surface area contributed by atoms with Crippen LogP contribution in [-0.4, -0.2) is 32.8 Å². The Morgan fingerprint density at radius 1 is 1.14 bits per heavy atom. The van der Waals surface area contributed by atoms with Gasteiger partial charge in [0, 0.05) is 55.9 Å². The van der Waals surface area contributed by atoms with Gasteiger partial charge in [-0.05, 0) is 31.0 Å². The van der Waals surface area contributed by atoms with Crippen molar-refractivity contribution in [2.24, 2.45) is 0 Å². The molecule has 146 valence electrons. The zero-order chi connectivity index (χ0) is 19.8. The van der Waals surface area contributed by atoms with Gasteiger partial charge >= 0.3 is 0 Å². The van der Waals surface area contributed by atoms with Crippen LogP contribution in [0.25, 0.3) is 0 Å². The Bertz CT molecular complexity index is 867. The molecule has 1 aromatic carbocycles. The van der Waals surface area contributed by atoms with Gasteiger partial charge in [-0.25, -0.2) is 4.98 Å². The zero-order valence-corrected chi connectivity index (χ0v) is 17.0. The van der Waals surface area contributed by atoms with Gasteiger partial charge < -0.3 is 10.2 Å². The van der Waals surface area contributed by atoms with Crippen molar-refractivity contribution in [1.29, 1.82) is 0 Å². The van der Waals surface area contributed by atoms with E-state index in [2.05, 4.69) is 45.6 Å². The second-order valence-electron chi connectivity index (χ2n) is 6.83. The molecule has 0 aliphatic rings. The van der Waals surface area contributed by atoms with Gasteiger partial charge in [0.15, 0.2) is 0 Å². The first-order chi connectivity index (χ1) is 13.6. The Balaban J connectivity index is 1.54. The molecule has 3 aromatic rings. The molecule has 28 heavy (non-hydrogen) atoms. The molecule has 0 unspecified atom stereocenters. The number of nitrogens with one attached hydrogen (secondary N) is 1. The van der Waals surface area contributed by atoms with Crippen molar-refractivity contribution in [3.63, 3.8) is 0 Å². The summed E-state index contributed by atoms with van der Waals surface area (Å²) in [5, 5.41) is 3.81. The average molecular weight is 396 g/mol. The Morgan fingerprint density at radius 2 is 1.93 bits per heavy atom. The second-order valence-corrected chi connectivity index (χ2v) is 7.56. The van der Waals surface area contributed by atoms with Crippen LogP contribution < -0.4 is 10.2 Å². The molecule has 0 saturated carbocycles. The lowest BCUT2D eigenvalue weighted by molar-refractivity contribution is -0.121. The minimum atomic E-state index is 0.0172. The van der Waals surface area contributed by atoms with E-state index in [9.17, 15) is 4.79 Å². The Morgan fingerprint density at radius 3 is 2.64 bits per heavy atom. The molecule has 2 heterocycles. The minimum Gasteiger partial charge on any atom is -0.352 e. The highest BCUT2D eigenvalue weighted by molar-refractivity contribution is 7.09. The first-order valence-electron chi connectivity index (χ1n) is 9.40. The number of aromatic nitrogens is 3. The number of pyridine rings is 1. The predicted molar refractivity (Wildman–Crippen MR) is 112 cm³/mol. The fraction of sp³-hybridized carbons (Fsp3) is 0.333. The predicted octanol–water partition coefficient (Wildman–Crippen LogP) is 3.45.